The molecule has 1 heterocycles. The van der Waals surface area contributed by atoms with Crippen molar-refractivity contribution in [3.8, 4) is 0 Å². The SMILES string of the molecule is CC(C)(O)CNc1nc(Cl)nc(Cl)c1C=N. The fraction of sp³-hybridized carbons (Fsp3) is 0.444. The van der Waals surface area contributed by atoms with Gasteiger partial charge >= 0.3 is 0 Å². The minimum atomic E-state index is -0.900. The van der Waals surface area contributed by atoms with Gasteiger partial charge in [0.05, 0.1) is 11.2 Å². The van der Waals surface area contributed by atoms with Crippen LogP contribution in [0, 0.1) is 5.41 Å². The highest BCUT2D eigenvalue weighted by atomic mass is 35.5. The second-order valence-corrected chi connectivity index (χ2v) is 4.55. The van der Waals surface area contributed by atoms with Crippen molar-refractivity contribution < 1.29 is 5.11 Å². The molecule has 0 fully saturated rings. The van der Waals surface area contributed by atoms with Crippen LogP contribution < -0.4 is 5.32 Å². The van der Waals surface area contributed by atoms with E-state index in [0.717, 1.165) is 6.21 Å². The maximum atomic E-state index is 9.55. The summed E-state index contributed by atoms with van der Waals surface area (Å²) < 4.78 is 0. The van der Waals surface area contributed by atoms with Crippen LogP contribution in [-0.2, 0) is 0 Å². The van der Waals surface area contributed by atoms with Crippen molar-refractivity contribution in [3.05, 3.63) is 16.0 Å². The molecule has 0 atom stereocenters. The van der Waals surface area contributed by atoms with Gasteiger partial charge in [0.25, 0.3) is 0 Å². The molecule has 7 heteroatoms. The van der Waals surface area contributed by atoms with Gasteiger partial charge < -0.3 is 15.8 Å². The molecule has 0 aromatic carbocycles. The zero-order valence-corrected chi connectivity index (χ0v) is 10.4. The third kappa shape index (κ3) is 3.59. The summed E-state index contributed by atoms with van der Waals surface area (Å²) >= 11 is 11.4. The number of hydrogen-bond donors (Lipinski definition) is 3. The number of rotatable bonds is 4. The van der Waals surface area contributed by atoms with Crippen LogP contribution in [-0.4, -0.2) is 33.4 Å². The van der Waals surface area contributed by atoms with Crippen LogP contribution in [0.5, 0.6) is 0 Å². The molecular formula is C9H12Cl2N4O. The quantitative estimate of drug-likeness (QED) is 0.440. The van der Waals surface area contributed by atoms with Crippen molar-refractivity contribution >= 4 is 35.2 Å². The van der Waals surface area contributed by atoms with E-state index in [1.54, 1.807) is 13.8 Å². The van der Waals surface area contributed by atoms with E-state index >= 15 is 0 Å². The first-order valence-electron chi connectivity index (χ1n) is 4.53. The number of halogens is 2. The molecule has 0 amide bonds. The number of nitrogens with one attached hydrogen (secondary N) is 2. The van der Waals surface area contributed by atoms with Crippen LogP contribution >= 0.6 is 23.2 Å². The minimum absolute atomic E-state index is 0.00570. The molecule has 1 rings (SSSR count). The van der Waals surface area contributed by atoms with Crippen LogP contribution in [0.15, 0.2) is 0 Å². The number of nitrogens with zero attached hydrogens (tertiary/aromatic N) is 2. The third-order valence-electron chi connectivity index (χ3n) is 1.70. The van der Waals surface area contributed by atoms with Gasteiger partial charge in [0, 0.05) is 12.8 Å². The smallest absolute Gasteiger partial charge is 0.225 e. The van der Waals surface area contributed by atoms with E-state index < -0.39 is 5.60 Å². The first-order valence-corrected chi connectivity index (χ1v) is 5.29. The Morgan fingerprint density at radius 3 is 2.56 bits per heavy atom. The average molecular weight is 263 g/mol. The molecule has 0 bridgehead atoms. The standard InChI is InChI=1S/C9H12Cl2N4O/c1-9(2,16)4-13-7-5(3-12)6(10)14-8(11)15-7/h3,12,16H,4H2,1-2H3,(H,13,14,15). The second kappa shape index (κ2) is 4.95. The molecule has 0 spiro atoms. The summed E-state index contributed by atoms with van der Waals surface area (Å²) in [5.74, 6) is 0.335. The minimum Gasteiger partial charge on any atom is -0.389 e. The van der Waals surface area contributed by atoms with Crippen LogP contribution in [0.4, 0.5) is 5.82 Å². The van der Waals surface area contributed by atoms with E-state index in [4.69, 9.17) is 28.6 Å². The number of hydrogen-bond acceptors (Lipinski definition) is 5. The topological polar surface area (TPSA) is 81.9 Å². The molecule has 3 N–H and O–H groups in total. The van der Waals surface area contributed by atoms with Crippen molar-refractivity contribution in [2.75, 3.05) is 11.9 Å². The van der Waals surface area contributed by atoms with Gasteiger partial charge in [-0.15, -0.1) is 0 Å². The Balaban J connectivity index is 2.98. The second-order valence-electron chi connectivity index (χ2n) is 3.86. The molecule has 0 unspecified atom stereocenters. The molecular weight excluding hydrogens is 251 g/mol. The van der Waals surface area contributed by atoms with Crippen molar-refractivity contribution in [2.24, 2.45) is 0 Å². The molecule has 1 aromatic rings. The van der Waals surface area contributed by atoms with Gasteiger partial charge in [-0.25, -0.2) is 9.97 Å². The lowest BCUT2D eigenvalue weighted by atomic mass is 10.1. The number of aliphatic hydroxyl groups is 1. The zero-order chi connectivity index (χ0) is 12.3. The van der Waals surface area contributed by atoms with Crippen LogP contribution in [0.25, 0.3) is 0 Å². The normalized spacial score (nSPS) is 11.3. The first-order chi connectivity index (χ1) is 7.33. The van der Waals surface area contributed by atoms with Gasteiger partial charge in [-0.2, -0.15) is 0 Å². The zero-order valence-electron chi connectivity index (χ0n) is 8.88. The molecule has 1 aromatic heterocycles. The summed E-state index contributed by atoms with van der Waals surface area (Å²) in [4.78, 5) is 7.62. The Bertz CT molecular complexity index is 403. The van der Waals surface area contributed by atoms with E-state index in [1.165, 1.54) is 0 Å². The summed E-state index contributed by atoms with van der Waals surface area (Å²) in [7, 11) is 0. The maximum absolute atomic E-state index is 9.55. The Morgan fingerprint density at radius 2 is 2.06 bits per heavy atom. The fourth-order valence-corrected chi connectivity index (χ4v) is 1.42. The Hall–Kier alpha value is -0.910. The molecule has 5 nitrogen and oxygen atoms in total. The molecule has 0 aliphatic carbocycles. The summed E-state index contributed by atoms with van der Waals surface area (Å²) in [6.45, 7) is 3.56. The van der Waals surface area contributed by atoms with Gasteiger partial charge in [0.15, 0.2) is 0 Å². The summed E-state index contributed by atoms with van der Waals surface area (Å²) in [5.41, 5.74) is -0.557. The molecule has 0 saturated heterocycles. The predicted molar refractivity (Wildman–Crippen MR) is 64.7 cm³/mol. The third-order valence-corrected chi connectivity index (χ3v) is 2.16. The van der Waals surface area contributed by atoms with E-state index in [2.05, 4.69) is 15.3 Å². The largest absolute Gasteiger partial charge is 0.389 e. The van der Waals surface area contributed by atoms with Crippen LogP contribution in [0.2, 0.25) is 10.4 Å². The molecule has 0 aliphatic rings. The molecule has 16 heavy (non-hydrogen) atoms. The lowest BCUT2D eigenvalue weighted by molar-refractivity contribution is 0.0944. The Labute approximate surface area is 103 Å². The maximum Gasteiger partial charge on any atom is 0.225 e. The van der Waals surface area contributed by atoms with E-state index in [0.29, 0.717) is 11.4 Å². The summed E-state index contributed by atoms with van der Waals surface area (Å²) in [6, 6.07) is 0. The Kier molecular flexibility index (Phi) is 4.07. The van der Waals surface area contributed by atoms with Gasteiger partial charge in [0.2, 0.25) is 5.28 Å². The van der Waals surface area contributed by atoms with Gasteiger partial charge in [0.1, 0.15) is 11.0 Å². The van der Waals surface area contributed by atoms with E-state index in [9.17, 15) is 5.11 Å². The molecule has 88 valence electrons. The van der Waals surface area contributed by atoms with Crippen LogP contribution in [0.1, 0.15) is 19.4 Å². The van der Waals surface area contributed by atoms with Crippen molar-refractivity contribution in [2.45, 2.75) is 19.4 Å². The van der Waals surface area contributed by atoms with Crippen molar-refractivity contribution in [1.82, 2.24) is 9.97 Å². The van der Waals surface area contributed by atoms with Gasteiger partial charge in [-0.1, -0.05) is 11.6 Å². The number of aromatic nitrogens is 2. The van der Waals surface area contributed by atoms with E-state index in [-0.39, 0.29) is 17.0 Å². The number of anilines is 1. The van der Waals surface area contributed by atoms with Gasteiger partial charge in [-0.05, 0) is 25.4 Å². The summed E-state index contributed by atoms with van der Waals surface area (Å²) in [6.07, 6.45) is 1.03. The monoisotopic (exact) mass is 262 g/mol. The van der Waals surface area contributed by atoms with Gasteiger partial charge in [-0.3, -0.25) is 0 Å². The fourth-order valence-electron chi connectivity index (χ4n) is 0.979. The summed E-state index contributed by atoms with van der Waals surface area (Å²) in [5, 5.41) is 19.7. The lowest BCUT2D eigenvalue weighted by Crippen LogP contribution is -2.30. The average Bonchev–Trinajstić information content (AvgIpc) is 2.12. The van der Waals surface area contributed by atoms with Crippen LogP contribution in [0.3, 0.4) is 0 Å². The highest BCUT2D eigenvalue weighted by Gasteiger charge is 2.15. The first kappa shape index (κ1) is 13.2. The van der Waals surface area contributed by atoms with Crippen molar-refractivity contribution in [3.63, 3.8) is 0 Å². The Morgan fingerprint density at radius 1 is 1.44 bits per heavy atom. The van der Waals surface area contributed by atoms with Crippen molar-refractivity contribution in [1.29, 1.82) is 5.41 Å². The molecule has 0 saturated carbocycles. The van der Waals surface area contributed by atoms with E-state index in [1.807, 2.05) is 0 Å². The lowest BCUT2D eigenvalue weighted by Gasteiger charge is -2.19. The molecule has 0 aliphatic heterocycles. The highest BCUT2D eigenvalue weighted by molar-refractivity contribution is 6.34. The highest BCUT2D eigenvalue weighted by Crippen LogP contribution is 2.21. The molecule has 0 radical (unpaired) electrons. The predicted octanol–water partition coefficient (Wildman–Crippen LogP) is 1.96.